The maximum absolute atomic E-state index is 12.3. The van der Waals surface area contributed by atoms with Gasteiger partial charge < -0.3 is 9.64 Å². The summed E-state index contributed by atoms with van der Waals surface area (Å²) in [5, 5.41) is 0. The average molecular weight is 263 g/mol. The Kier molecular flexibility index (Phi) is 5.96. The minimum atomic E-state index is -0.150. The summed E-state index contributed by atoms with van der Waals surface area (Å²) in [5.74, 6) is 0.0265. The zero-order valence-corrected chi connectivity index (χ0v) is 12.2. The lowest BCUT2D eigenvalue weighted by atomic mass is 10.1. The highest BCUT2D eigenvalue weighted by Crippen LogP contribution is 2.27. The standard InChI is InChI=1S/C15H23N2O2/c1-6-10-17(15(18)11(2)3)13-8-7-9-16-14(13)12(4)19-5/h7-9,11-12H,1,6,10H2,2-5H3. The molecule has 1 aromatic heterocycles. The molecule has 0 aliphatic rings. The Morgan fingerprint density at radius 2 is 2.16 bits per heavy atom. The summed E-state index contributed by atoms with van der Waals surface area (Å²) >= 11 is 0. The fourth-order valence-corrected chi connectivity index (χ4v) is 1.88. The number of hydrogen-bond acceptors (Lipinski definition) is 3. The lowest BCUT2D eigenvalue weighted by molar-refractivity contribution is -0.121. The quantitative estimate of drug-likeness (QED) is 0.792. The highest BCUT2D eigenvalue weighted by atomic mass is 16.5. The normalized spacial score (nSPS) is 12.5. The van der Waals surface area contributed by atoms with Crippen molar-refractivity contribution in [3.8, 4) is 0 Å². The molecule has 0 saturated carbocycles. The molecule has 1 rings (SSSR count). The lowest BCUT2D eigenvalue weighted by Crippen LogP contribution is -2.36. The smallest absolute Gasteiger partial charge is 0.229 e. The predicted molar refractivity (Wildman–Crippen MR) is 76.8 cm³/mol. The van der Waals surface area contributed by atoms with Gasteiger partial charge in [-0.1, -0.05) is 20.8 Å². The maximum atomic E-state index is 12.3. The van der Waals surface area contributed by atoms with Crippen molar-refractivity contribution in [3.05, 3.63) is 30.9 Å². The lowest BCUT2D eigenvalue weighted by Gasteiger charge is -2.27. The van der Waals surface area contributed by atoms with E-state index in [0.717, 1.165) is 11.4 Å². The highest BCUT2D eigenvalue weighted by Gasteiger charge is 2.23. The number of amides is 1. The van der Waals surface area contributed by atoms with E-state index in [-0.39, 0.29) is 17.9 Å². The summed E-state index contributed by atoms with van der Waals surface area (Å²) in [4.78, 5) is 18.4. The van der Waals surface area contributed by atoms with E-state index in [1.165, 1.54) is 0 Å². The van der Waals surface area contributed by atoms with Crippen LogP contribution in [0.5, 0.6) is 0 Å². The topological polar surface area (TPSA) is 42.4 Å². The number of ether oxygens (including phenoxy) is 1. The van der Waals surface area contributed by atoms with E-state index in [1.54, 1.807) is 18.2 Å². The second-order valence-electron chi connectivity index (χ2n) is 4.78. The summed E-state index contributed by atoms with van der Waals surface area (Å²) in [6.45, 7) is 10.2. The highest BCUT2D eigenvalue weighted by molar-refractivity contribution is 5.95. The molecule has 19 heavy (non-hydrogen) atoms. The minimum Gasteiger partial charge on any atom is -0.375 e. The first-order valence-corrected chi connectivity index (χ1v) is 6.61. The van der Waals surface area contributed by atoms with Gasteiger partial charge in [0.2, 0.25) is 5.91 Å². The van der Waals surface area contributed by atoms with Crippen LogP contribution in [0.1, 0.15) is 39.0 Å². The van der Waals surface area contributed by atoms with Gasteiger partial charge in [-0.2, -0.15) is 0 Å². The molecule has 4 heteroatoms. The third-order valence-electron chi connectivity index (χ3n) is 2.99. The monoisotopic (exact) mass is 263 g/mol. The number of carbonyl (C=O) groups excluding carboxylic acids is 1. The molecule has 0 bridgehead atoms. The molecule has 0 aliphatic heterocycles. The molecule has 1 unspecified atom stereocenters. The number of anilines is 1. The maximum Gasteiger partial charge on any atom is 0.229 e. The summed E-state index contributed by atoms with van der Waals surface area (Å²) in [6.07, 6.45) is 2.23. The summed E-state index contributed by atoms with van der Waals surface area (Å²) in [5.41, 5.74) is 1.60. The Bertz CT molecular complexity index is 418. The molecule has 1 radical (unpaired) electrons. The fraction of sp³-hybridized carbons (Fsp3) is 0.533. The molecule has 1 heterocycles. The van der Waals surface area contributed by atoms with Crippen molar-refractivity contribution in [2.45, 2.75) is 33.3 Å². The number of methoxy groups -OCH3 is 1. The van der Waals surface area contributed by atoms with Crippen molar-refractivity contribution in [3.63, 3.8) is 0 Å². The molecule has 1 aromatic rings. The molecule has 0 spiro atoms. The molecule has 0 N–H and O–H groups in total. The van der Waals surface area contributed by atoms with E-state index in [0.29, 0.717) is 13.0 Å². The van der Waals surface area contributed by atoms with Crippen LogP contribution in [0.3, 0.4) is 0 Å². The number of aromatic nitrogens is 1. The van der Waals surface area contributed by atoms with Crippen LogP contribution in [0.25, 0.3) is 0 Å². The van der Waals surface area contributed by atoms with Gasteiger partial charge in [-0.05, 0) is 25.5 Å². The largest absolute Gasteiger partial charge is 0.375 e. The van der Waals surface area contributed by atoms with Crippen molar-refractivity contribution >= 4 is 11.6 Å². The molecule has 0 aliphatic carbocycles. The van der Waals surface area contributed by atoms with Crippen molar-refractivity contribution in [2.75, 3.05) is 18.6 Å². The van der Waals surface area contributed by atoms with Gasteiger partial charge in [-0.15, -0.1) is 0 Å². The van der Waals surface area contributed by atoms with Gasteiger partial charge in [0, 0.05) is 25.8 Å². The van der Waals surface area contributed by atoms with E-state index in [9.17, 15) is 4.79 Å². The fourth-order valence-electron chi connectivity index (χ4n) is 1.88. The summed E-state index contributed by atoms with van der Waals surface area (Å²) in [6, 6.07) is 3.75. The Labute approximate surface area is 115 Å². The first-order valence-electron chi connectivity index (χ1n) is 6.61. The van der Waals surface area contributed by atoms with E-state index in [1.807, 2.05) is 32.9 Å². The number of pyridine rings is 1. The molecular weight excluding hydrogens is 240 g/mol. The van der Waals surface area contributed by atoms with Crippen LogP contribution in [0.2, 0.25) is 0 Å². The average Bonchev–Trinajstić information content (AvgIpc) is 2.43. The predicted octanol–water partition coefficient (Wildman–Crippen LogP) is 3.00. The molecule has 4 nitrogen and oxygen atoms in total. The van der Waals surface area contributed by atoms with E-state index < -0.39 is 0 Å². The molecule has 1 atom stereocenters. The summed E-state index contributed by atoms with van der Waals surface area (Å²) in [7, 11) is 1.64. The Morgan fingerprint density at radius 1 is 1.47 bits per heavy atom. The summed E-state index contributed by atoms with van der Waals surface area (Å²) < 4.78 is 5.33. The van der Waals surface area contributed by atoms with Crippen molar-refractivity contribution in [1.29, 1.82) is 0 Å². The van der Waals surface area contributed by atoms with E-state index in [2.05, 4.69) is 11.9 Å². The molecule has 0 aromatic carbocycles. The second kappa shape index (κ2) is 7.24. The third-order valence-corrected chi connectivity index (χ3v) is 2.99. The first-order chi connectivity index (χ1) is 9.02. The van der Waals surface area contributed by atoms with Crippen LogP contribution in [-0.2, 0) is 9.53 Å². The SMILES string of the molecule is [CH2]CCN(C(=O)C(C)C)c1cccnc1C(C)OC. The minimum absolute atomic E-state index is 0.0579. The number of rotatable bonds is 6. The Morgan fingerprint density at radius 3 is 2.68 bits per heavy atom. The van der Waals surface area contributed by atoms with Gasteiger partial charge >= 0.3 is 0 Å². The number of carbonyl (C=O) groups is 1. The molecule has 105 valence electrons. The first kappa shape index (κ1) is 15.6. The van der Waals surface area contributed by atoms with Gasteiger partial charge in [0.1, 0.15) is 0 Å². The van der Waals surface area contributed by atoms with Crippen LogP contribution in [0, 0.1) is 12.8 Å². The van der Waals surface area contributed by atoms with Crippen LogP contribution in [-0.4, -0.2) is 24.5 Å². The second-order valence-corrected chi connectivity index (χ2v) is 4.78. The van der Waals surface area contributed by atoms with Gasteiger partial charge in [0.05, 0.1) is 17.5 Å². The van der Waals surface area contributed by atoms with Crippen molar-refractivity contribution < 1.29 is 9.53 Å². The van der Waals surface area contributed by atoms with E-state index in [4.69, 9.17) is 4.74 Å². The number of hydrogen-bond donors (Lipinski definition) is 0. The van der Waals surface area contributed by atoms with Gasteiger partial charge in [-0.3, -0.25) is 9.78 Å². The van der Waals surface area contributed by atoms with Gasteiger partial charge in [-0.25, -0.2) is 0 Å². The van der Waals surface area contributed by atoms with E-state index >= 15 is 0 Å². The van der Waals surface area contributed by atoms with Crippen LogP contribution in [0.4, 0.5) is 5.69 Å². The van der Waals surface area contributed by atoms with Gasteiger partial charge in [0.25, 0.3) is 0 Å². The molecule has 1 amide bonds. The van der Waals surface area contributed by atoms with Gasteiger partial charge in [0.15, 0.2) is 0 Å². The van der Waals surface area contributed by atoms with Crippen molar-refractivity contribution in [1.82, 2.24) is 4.98 Å². The zero-order valence-electron chi connectivity index (χ0n) is 12.2. The Balaban J connectivity index is 3.19. The zero-order chi connectivity index (χ0) is 14.4. The Hall–Kier alpha value is -1.42. The van der Waals surface area contributed by atoms with Crippen LogP contribution < -0.4 is 4.90 Å². The third kappa shape index (κ3) is 3.77. The van der Waals surface area contributed by atoms with Crippen LogP contribution >= 0.6 is 0 Å². The molecule has 0 fully saturated rings. The van der Waals surface area contributed by atoms with Crippen LogP contribution in [0.15, 0.2) is 18.3 Å². The van der Waals surface area contributed by atoms with Crippen molar-refractivity contribution in [2.24, 2.45) is 5.92 Å². The number of nitrogens with zero attached hydrogens (tertiary/aromatic N) is 2. The molecule has 0 saturated heterocycles. The molecular formula is C15H23N2O2.